The molecule has 0 saturated carbocycles. The fourth-order valence-electron chi connectivity index (χ4n) is 5.62. The van der Waals surface area contributed by atoms with E-state index in [0.29, 0.717) is 5.91 Å². The number of amides is 1. The van der Waals surface area contributed by atoms with Gasteiger partial charge in [0, 0.05) is 26.3 Å². The van der Waals surface area contributed by atoms with Crippen LogP contribution in [0.1, 0.15) is 64.7 Å². The van der Waals surface area contributed by atoms with Gasteiger partial charge in [0.05, 0.1) is 5.92 Å². The summed E-state index contributed by atoms with van der Waals surface area (Å²) in [6, 6.07) is 0. The number of fused-ring (bicyclic) bond motifs is 1. The minimum atomic E-state index is 0.0615. The highest BCUT2D eigenvalue weighted by molar-refractivity contribution is 5.83. The number of likely N-dealkylation sites (tertiary alicyclic amines) is 1. The number of nitrogens with one attached hydrogen (secondary N) is 2. The number of carbonyl (C=O) groups excluding carboxylic acids is 1. The van der Waals surface area contributed by atoms with E-state index in [1.165, 1.54) is 68.1 Å². The molecule has 4 rings (SSSR count). The molecule has 0 radical (unpaired) electrons. The van der Waals surface area contributed by atoms with Crippen molar-refractivity contribution in [3.05, 3.63) is 34.9 Å². The van der Waals surface area contributed by atoms with E-state index in [1.807, 2.05) is 14.1 Å². The number of nitrogens with zero attached hydrogens (tertiary/aromatic N) is 1. The molecule has 2 unspecified atom stereocenters. The molecule has 0 spiro atoms. The van der Waals surface area contributed by atoms with E-state index in [1.54, 1.807) is 0 Å². The Bertz CT molecular complexity index is 698. The number of carbonyl (C=O) groups is 1. The molecule has 4 aliphatic rings. The summed E-state index contributed by atoms with van der Waals surface area (Å²) in [7, 11) is 4.00. The van der Waals surface area contributed by atoms with Crippen molar-refractivity contribution in [3.8, 4) is 0 Å². The van der Waals surface area contributed by atoms with E-state index in [2.05, 4.69) is 40.7 Å². The summed E-state index contributed by atoms with van der Waals surface area (Å²) in [5.74, 6) is 1.93. The van der Waals surface area contributed by atoms with Gasteiger partial charge < -0.3 is 20.3 Å². The molecule has 0 aromatic heterocycles. The second-order valence-electron chi connectivity index (χ2n) is 10.0. The first-order chi connectivity index (χ1) is 16.2. The number of ether oxygens (including phenoxy) is 1. The lowest BCUT2D eigenvalue weighted by Crippen LogP contribution is -2.34. The Hall–Kier alpha value is -1.43. The van der Waals surface area contributed by atoms with Gasteiger partial charge in [0.2, 0.25) is 5.91 Å². The molecule has 5 nitrogen and oxygen atoms in total. The number of allylic oxidation sites excluding steroid dienone is 5. The summed E-state index contributed by atoms with van der Waals surface area (Å²) < 4.78 is 5.61. The van der Waals surface area contributed by atoms with Gasteiger partial charge in [0.1, 0.15) is 0 Å². The van der Waals surface area contributed by atoms with E-state index in [4.69, 9.17) is 4.74 Å². The monoisotopic (exact) mass is 457 g/mol. The number of hydrogen-bond acceptors (Lipinski definition) is 4. The minimum absolute atomic E-state index is 0.0615. The van der Waals surface area contributed by atoms with Crippen LogP contribution in [-0.4, -0.2) is 64.3 Å². The topological polar surface area (TPSA) is 53.6 Å². The molecule has 1 amide bonds. The van der Waals surface area contributed by atoms with Crippen LogP contribution in [0.4, 0.5) is 0 Å². The first-order valence-electron chi connectivity index (χ1n) is 13.5. The van der Waals surface area contributed by atoms with E-state index in [-0.39, 0.29) is 5.92 Å². The lowest BCUT2D eigenvalue weighted by molar-refractivity contribution is -0.132. The summed E-state index contributed by atoms with van der Waals surface area (Å²) >= 11 is 0. The highest BCUT2D eigenvalue weighted by Crippen LogP contribution is 2.44. The average Bonchev–Trinajstić information content (AvgIpc) is 3.37. The first kappa shape index (κ1) is 26.2. The van der Waals surface area contributed by atoms with Crippen LogP contribution < -0.4 is 10.6 Å². The zero-order valence-corrected chi connectivity index (χ0v) is 21.3. The Morgan fingerprint density at radius 2 is 1.88 bits per heavy atom. The van der Waals surface area contributed by atoms with Gasteiger partial charge in [-0.25, -0.2) is 0 Å². The predicted molar refractivity (Wildman–Crippen MR) is 137 cm³/mol. The molecular weight excluding hydrogens is 410 g/mol. The van der Waals surface area contributed by atoms with Gasteiger partial charge in [-0.05, 0) is 114 Å². The Labute approximate surface area is 202 Å². The van der Waals surface area contributed by atoms with Gasteiger partial charge in [-0.15, -0.1) is 0 Å². The molecule has 33 heavy (non-hydrogen) atoms. The summed E-state index contributed by atoms with van der Waals surface area (Å²) in [5.41, 5.74) is 4.25. The summed E-state index contributed by atoms with van der Waals surface area (Å²) in [6.45, 7) is 8.14. The van der Waals surface area contributed by atoms with Crippen LogP contribution in [0, 0.1) is 17.8 Å². The van der Waals surface area contributed by atoms with Gasteiger partial charge >= 0.3 is 0 Å². The van der Waals surface area contributed by atoms with Crippen molar-refractivity contribution in [2.75, 3.05) is 53.5 Å². The maximum Gasteiger partial charge on any atom is 0.229 e. The van der Waals surface area contributed by atoms with Crippen molar-refractivity contribution in [3.63, 3.8) is 0 Å². The third-order valence-corrected chi connectivity index (χ3v) is 7.60. The molecule has 2 N–H and O–H groups in total. The van der Waals surface area contributed by atoms with Crippen LogP contribution in [0.25, 0.3) is 0 Å². The van der Waals surface area contributed by atoms with Crippen LogP contribution in [0.5, 0.6) is 0 Å². The summed E-state index contributed by atoms with van der Waals surface area (Å²) in [6.07, 6.45) is 17.5. The Morgan fingerprint density at radius 3 is 2.52 bits per heavy atom. The second-order valence-corrected chi connectivity index (χ2v) is 10.0. The second kappa shape index (κ2) is 14.1. The third kappa shape index (κ3) is 7.53. The zero-order chi connectivity index (χ0) is 23.5. The van der Waals surface area contributed by atoms with Crippen LogP contribution >= 0.6 is 0 Å². The molecule has 0 aromatic carbocycles. The Morgan fingerprint density at radius 1 is 1.15 bits per heavy atom. The van der Waals surface area contributed by atoms with Gasteiger partial charge in [0.25, 0.3) is 0 Å². The largest absolute Gasteiger partial charge is 0.381 e. The van der Waals surface area contributed by atoms with E-state index >= 15 is 0 Å². The smallest absolute Gasteiger partial charge is 0.229 e. The normalized spacial score (nSPS) is 23.4. The van der Waals surface area contributed by atoms with E-state index in [9.17, 15) is 4.79 Å². The summed E-state index contributed by atoms with van der Waals surface area (Å²) in [5, 5.41) is 6.31. The Kier molecular flexibility index (Phi) is 11.2. The fourth-order valence-corrected chi connectivity index (χ4v) is 5.62. The molecule has 2 heterocycles. The molecule has 2 saturated heterocycles. The SMILES string of the molecule is CCCNC.CNCCCC(CC1=CC2=CCC(C(=O)N3CCCC3)C=C21)C1CCOCC1. The van der Waals surface area contributed by atoms with Crippen LogP contribution in [0.2, 0.25) is 0 Å². The molecule has 2 aliphatic carbocycles. The van der Waals surface area contributed by atoms with Crippen LogP contribution in [0.15, 0.2) is 34.9 Å². The molecular formula is C28H47N3O2. The van der Waals surface area contributed by atoms with Crippen molar-refractivity contribution in [1.29, 1.82) is 0 Å². The minimum Gasteiger partial charge on any atom is -0.381 e. The lowest BCUT2D eigenvalue weighted by Gasteiger charge is -2.35. The van der Waals surface area contributed by atoms with E-state index in [0.717, 1.165) is 57.6 Å². The van der Waals surface area contributed by atoms with E-state index < -0.39 is 0 Å². The molecule has 2 atom stereocenters. The fraction of sp³-hybridized carbons (Fsp3) is 0.750. The number of rotatable bonds is 10. The van der Waals surface area contributed by atoms with Crippen molar-refractivity contribution in [2.24, 2.45) is 17.8 Å². The van der Waals surface area contributed by atoms with Crippen LogP contribution in [0.3, 0.4) is 0 Å². The zero-order valence-electron chi connectivity index (χ0n) is 21.3. The highest BCUT2D eigenvalue weighted by atomic mass is 16.5. The summed E-state index contributed by atoms with van der Waals surface area (Å²) in [4.78, 5) is 14.9. The van der Waals surface area contributed by atoms with Crippen molar-refractivity contribution in [1.82, 2.24) is 15.5 Å². The molecule has 2 fully saturated rings. The van der Waals surface area contributed by atoms with Gasteiger partial charge in [0.15, 0.2) is 0 Å². The third-order valence-electron chi connectivity index (χ3n) is 7.60. The van der Waals surface area contributed by atoms with Gasteiger partial charge in [-0.2, -0.15) is 0 Å². The van der Waals surface area contributed by atoms with Gasteiger partial charge in [-0.1, -0.05) is 25.2 Å². The molecule has 2 aliphatic heterocycles. The first-order valence-corrected chi connectivity index (χ1v) is 13.5. The Balaban J connectivity index is 0.000000555. The molecule has 0 aromatic rings. The molecule has 0 bridgehead atoms. The highest BCUT2D eigenvalue weighted by Gasteiger charge is 2.33. The van der Waals surface area contributed by atoms with Crippen molar-refractivity contribution in [2.45, 2.75) is 64.7 Å². The maximum atomic E-state index is 12.8. The standard InChI is InChI=1S/C24H36N2O2.C4H11N/c1-25-10-4-5-19(18-8-13-28-14-9-18)15-22-16-20-6-7-21(17-23(20)22)24(27)26-11-2-3-12-26;1-3-4-5-2/h6,16-19,21,25H,2-5,7-15H2,1H3;5H,3-4H2,1-2H3. The van der Waals surface area contributed by atoms with Crippen molar-refractivity contribution >= 4 is 5.91 Å². The van der Waals surface area contributed by atoms with Crippen molar-refractivity contribution < 1.29 is 9.53 Å². The molecule has 5 heteroatoms. The predicted octanol–water partition coefficient (Wildman–Crippen LogP) is 4.47. The molecule has 186 valence electrons. The lowest BCUT2D eigenvalue weighted by atomic mass is 9.71. The van der Waals surface area contributed by atoms with Gasteiger partial charge in [-0.3, -0.25) is 4.79 Å². The number of hydrogen-bond donors (Lipinski definition) is 2. The van der Waals surface area contributed by atoms with Crippen LogP contribution in [-0.2, 0) is 9.53 Å². The quantitative estimate of drug-likeness (QED) is 0.475. The maximum absolute atomic E-state index is 12.8. The average molecular weight is 458 g/mol.